The van der Waals surface area contributed by atoms with Crippen LogP contribution in [-0.4, -0.2) is 60.9 Å². The molecule has 0 spiro atoms. The molecule has 0 bridgehead atoms. The van der Waals surface area contributed by atoms with Gasteiger partial charge in [-0.2, -0.15) is 4.31 Å². The molecule has 28 heavy (non-hydrogen) atoms. The molecule has 7 nitrogen and oxygen atoms in total. The van der Waals surface area contributed by atoms with Crippen LogP contribution in [0.5, 0.6) is 0 Å². The summed E-state index contributed by atoms with van der Waals surface area (Å²) in [6.07, 6.45) is 1.81. The van der Waals surface area contributed by atoms with Crippen molar-refractivity contribution in [1.82, 2.24) is 14.5 Å². The van der Waals surface area contributed by atoms with Crippen LogP contribution in [0.4, 0.5) is 0 Å². The quantitative estimate of drug-likeness (QED) is 0.740. The first-order valence-corrected chi connectivity index (χ1v) is 11.4. The number of nitrogens with zero attached hydrogens (tertiary/aromatic N) is 2. The summed E-state index contributed by atoms with van der Waals surface area (Å²) >= 11 is 0. The van der Waals surface area contributed by atoms with E-state index in [1.807, 2.05) is 45.0 Å². The van der Waals surface area contributed by atoms with E-state index in [0.29, 0.717) is 19.0 Å². The van der Waals surface area contributed by atoms with Crippen molar-refractivity contribution in [3.8, 4) is 0 Å². The van der Waals surface area contributed by atoms with E-state index >= 15 is 0 Å². The standard InChI is InChI=1S/C20H31N3O4S/c1-15(2)10-11-23-18(24)13-22(28(5,26)27)14-20(23,4)19(25)21-12-17-8-6-16(3)7-9-17/h6-9,15H,10-14H2,1-5H3,(H,21,25)/t20-/m1/s1. The maximum atomic E-state index is 13.1. The smallest absolute Gasteiger partial charge is 0.247 e. The van der Waals surface area contributed by atoms with Gasteiger partial charge >= 0.3 is 0 Å². The second kappa shape index (κ2) is 8.61. The predicted octanol–water partition coefficient (Wildman–Crippen LogP) is 1.52. The van der Waals surface area contributed by atoms with Crippen LogP contribution in [0.25, 0.3) is 0 Å². The van der Waals surface area contributed by atoms with Crippen molar-refractivity contribution in [1.29, 1.82) is 0 Å². The Morgan fingerprint density at radius 1 is 1.25 bits per heavy atom. The SMILES string of the molecule is Cc1ccc(CNC(=O)[C@@]2(C)CN(S(C)(=O)=O)CC(=O)N2CCC(C)C)cc1. The van der Waals surface area contributed by atoms with Gasteiger partial charge in [-0.3, -0.25) is 9.59 Å². The molecule has 1 heterocycles. The number of benzene rings is 1. The Kier molecular flexibility index (Phi) is 6.88. The maximum Gasteiger partial charge on any atom is 0.247 e. The Labute approximate surface area is 168 Å². The van der Waals surface area contributed by atoms with E-state index < -0.39 is 15.6 Å². The van der Waals surface area contributed by atoms with Gasteiger partial charge < -0.3 is 10.2 Å². The van der Waals surface area contributed by atoms with Crippen LogP contribution in [0.3, 0.4) is 0 Å². The monoisotopic (exact) mass is 409 g/mol. The first kappa shape index (κ1) is 22.4. The summed E-state index contributed by atoms with van der Waals surface area (Å²) in [6, 6.07) is 7.80. The zero-order chi connectivity index (χ0) is 21.1. The van der Waals surface area contributed by atoms with Crippen molar-refractivity contribution < 1.29 is 18.0 Å². The summed E-state index contributed by atoms with van der Waals surface area (Å²) in [4.78, 5) is 27.4. The molecule has 2 amide bonds. The number of aryl methyl sites for hydroxylation is 1. The molecule has 0 aromatic heterocycles. The van der Waals surface area contributed by atoms with E-state index in [1.54, 1.807) is 11.8 Å². The fraction of sp³-hybridized carbons (Fsp3) is 0.600. The van der Waals surface area contributed by atoms with Gasteiger partial charge in [0.05, 0.1) is 12.8 Å². The first-order valence-electron chi connectivity index (χ1n) is 9.53. The number of sulfonamides is 1. The third-order valence-electron chi connectivity index (χ3n) is 5.15. The zero-order valence-corrected chi connectivity index (χ0v) is 18.2. The molecule has 1 fully saturated rings. The lowest BCUT2D eigenvalue weighted by Crippen LogP contribution is -2.69. The first-order chi connectivity index (χ1) is 12.9. The summed E-state index contributed by atoms with van der Waals surface area (Å²) in [5, 5.41) is 2.88. The van der Waals surface area contributed by atoms with Gasteiger partial charge in [0.25, 0.3) is 0 Å². The van der Waals surface area contributed by atoms with Crippen molar-refractivity contribution in [2.75, 3.05) is 25.9 Å². The minimum Gasteiger partial charge on any atom is -0.350 e. The molecule has 156 valence electrons. The molecule has 1 aliphatic rings. The second-order valence-electron chi connectivity index (χ2n) is 8.20. The van der Waals surface area contributed by atoms with Gasteiger partial charge in [-0.05, 0) is 31.7 Å². The Hall–Kier alpha value is -1.93. The van der Waals surface area contributed by atoms with Gasteiger partial charge in [0.1, 0.15) is 5.54 Å². The summed E-state index contributed by atoms with van der Waals surface area (Å²) in [7, 11) is -3.58. The highest BCUT2D eigenvalue weighted by Gasteiger charge is 2.49. The van der Waals surface area contributed by atoms with Gasteiger partial charge in [-0.15, -0.1) is 0 Å². The highest BCUT2D eigenvalue weighted by molar-refractivity contribution is 7.88. The van der Waals surface area contributed by atoms with Crippen molar-refractivity contribution in [3.05, 3.63) is 35.4 Å². The summed E-state index contributed by atoms with van der Waals surface area (Å²) in [6.45, 7) is 8.20. The van der Waals surface area contributed by atoms with Gasteiger partial charge in [0, 0.05) is 19.6 Å². The maximum absolute atomic E-state index is 13.1. The van der Waals surface area contributed by atoms with E-state index in [4.69, 9.17) is 0 Å². The molecule has 1 atom stereocenters. The van der Waals surface area contributed by atoms with E-state index in [0.717, 1.165) is 28.1 Å². The van der Waals surface area contributed by atoms with Crippen LogP contribution < -0.4 is 5.32 Å². The van der Waals surface area contributed by atoms with Crippen LogP contribution in [0, 0.1) is 12.8 Å². The fourth-order valence-corrected chi connectivity index (χ4v) is 4.09. The molecule has 1 aliphatic heterocycles. The number of nitrogens with one attached hydrogen (secondary N) is 1. The molecule has 0 saturated carbocycles. The Bertz CT molecular complexity index is 820. The van der Waals surface area contributed by atoms with Crippen molar-refractivity contribution in [3.63, 3.8) is 0 Å². The largest absolute Gasteiger partial charge is 0.350 e. The van der Waals surface area contributed by atoms with Gasteiger partial charge in [0.2, 0.25) is 21.8 Å². The number of piperazine rings is 1. The average molecular weight is 410 g/mol. The molecule has 1 aromatic carbocycles. The third kappa shape index (κ3) is 5.32. The Balaban J connectivity index is 2.23. The minimum absolute atomic E-state index is 0.0462. The number of carbonyl (C=O) groups excluding carboxylic acids is 2. The molecule has 0 radical (unpaired) electrons. The predicted molar refractivity (Wildman–Crippen MR) is 109 cm³/mol. The Morgan fingerprint density at radius 2 is 1.86 bits per heavy atom. The lowest BCUT2D eigenvalue weighted by molar-refractivity contribution is -0.153. The molecule has 1 aromatic rings. The number of carbonyl (C=O) groups is 2. The number of amides is 2. The van der Waals surface area contributed by atoms with Crippen LogP contribution in [0.2, 0.25) is 0 Å². The number of rotatable bonds is 7. The topological polar surface area (TPSA) is 86.8 Å². The van der Waals surface area contributed by atoms with Crippen molar-refractivity contribution in [2.24, 2.45) is 5.92 Å². The minimum atomic E-state index is -3.58. The second-order valence-corrected chi connectivity index (χ2v) is 10.2. The number of hydrogen-bond acceptors (Lipinski definition) is 4. The van der Waals surface area contributed by atoms with Crippen LogP contribution >= 0.6 is 0 Å². The average Bonchev–Trinajstić information content (AvgIpc) is 2.59. The Morgan fingerprint density at radius 3 is 2.39 bits per heavy atom. The van der Waals surface area contributed by atoms with E-state index in [9.17, 15) is 18.0 Å². The summed E-state index contributed by atoms with van der Waals surface area (Å²) < 4.78 is 25.2. The zero-order valence-electron chi connectivity index (χ0n) is 17.4. The van der Waals surface area contributed by atoms with Gasteiger partial charge in [-0.1, -0.05) is 43.7 Å². The van der Waals surface area contributed by atoms with E-state index in [1.165, 1.54) is 0 Å². The highest BCUT2D eigenvalue weighted by atomic mass is 32.2. The van der Waals surface area contributed by atoms with Gasteiger partial charge in [-0.25, -0.2) is 8.42 Å². The lowest BCUT2D eigenvalue weighted by atomic mass is 9.94. The molecule has 0 aliphatic carbocycles. The molecule has 1 N–H and O–H groups in total. The van der Waals surface area contributed by atoms with E-state index in [2.05, 4.69) is 5.32 Å². The van der Waals surface area contributed by atoms with Crippen LogP contribution in [0.1, 0.15) is 38.3 Å². The lowest BCUT2D eigenvalue weighted by Gasteiger charge is -2.46. The molecule has 1 saturated heterocycles. The fourth-order valence-electron chi connectivity index (χ4n) is 3.26. The summed E-state index contributed by atoms with van der Waals surface area (Å²) in [5.41, 5.74) is 0.819. The molecule has 2 rings (SSSR count). The molecule has 8 heteroatoms. The van der Waals surface area contributed by atoms with Crippen LogP contribution in [-0.2, 0) is 26.2 Å². The molecular formula is C20H31N3O4S. The van der Waals surface area contributed by atoms with Gasteiger partial charge in [0.15, 0.2) is 0 Å². The number of hydrogen-bond donors (Lipinski definition) is 1. The van der Waals surface area contributed by atoms with Crippen molar-refractivity contribution >= 4 is 21.8 Å². The highest BCUT2D eigenvalue weighted by Crippen LogP contribution is 2.26. The normalized spacial score (nSPS) is 21.2. The van der Waals surface area contributed by atoms with Crippen LogP contribution in [0.15, 0.2) is 24.3 Å². The van der Waals surface area contributed by atoms with Crippen molar-refractivity contribution in [2.45, 2.75) is 46.2 Å². The molecular weight excluding hydrogens is 378 g/mol. The van der Waals surface area contributed by atoms with E-state index in [-0.39, 0.29) is 24.9 Å². The third-order valence-corrected chi connectivity index (χ3v) is 6.35. The summed E-state index contributed by atoms with van der Waals surface area (Å²) in [5.74, 6) is -0.329. The molecule has 0 unspecified atom stereocenters.